The fourth-order valence-corrected chi connectivity index (χ4v) is 6.59. The van der Waals surface area contributed by atoms with E-state index in [2.05, 4.69) is 64.6 Å². The van der Waals surface area contributed by atoms with Crippen molar-refractivity contribution in [3.63, 3.8) is 0 Å². The van der Waals surface area contributed by atoms with Crippen LogP contribution < -0.4 is 18.9 Å². The Morgan fingerprint density at radius 2 is 1.86 bits per heavy atom. The van der Waals surface area contributed by atoms with Gasteiger partial charge in [0.05, 0.1) is 14.2 Å². The highest BCUT2D eigenvalue weighted by Gasteiger charge is 2.41. The van der Waals surface area contributed by atoms with Crippen LogP contribution in [0.3, 0.4) is 0 Å². The van der Waals surface area contributed by atoms with E-state index in [-0.39, 0.29) is 6.04 Å². The molecule has 6 nitrogen and oxygen atoms in total. The Bertz CT molecular complexity index is 1460. The zero-order valence-electron chi connectivity index (χ0n) is 20.7. The summed E-state index contributed by atoms with van der Waals surface area (Å²) in [6.07, 6.45) is 5.19. The molecule has 3 aromatic carbocycles. The first-order chi connectivity index (χ1) is 17.7. The van der Waals surface area contributed by atoms with Gasteiger partial charge in [0.25, 0.3) is 0 Å². The predicted molar refractivity (Wildman–Crippen MR) is 138 cm³/mol. The second-order valence-corrected chi connectivity index (χ2v) is 9.94. The zero-order valence-corrected chi connectivity index (χ0v) is 20.7. The van der Waals surface area contributed by atoms with Gasteiger partial charge in [-0.05, 0) is 65.8 Å². The lowest BCUT2D eigenvalue weighted by atomic mass is 9.74. The van der Waals surface area contributed by atoms with Crippen LogP contribution in [0.4, 0.5) is 0 Å². The lowest BCUT2D eigenvalue weighted by Crippen LogP contribution is -2.42. The first kappa shape index (κ1) is 21.6. The number of hydrogen-bond donors (Lipinski definition) is 1. The molecule has 2 atom stereocenters. The van der Waals surface area contributed by atoms with E-state index in [9.17, 15) is 0 Å². The fraction of sp³-hybridized carbons (Fsp3) is 0.333. The van der Waals surface area contributed by atoms with Gasteiger partial charge in [0, 0.05) is 47.7 Å². The van der Waals surface area contributed by atoms with Crippen LogP contribution in [-0.4, -0.2) is 37.4 Å². The summed E-state index contributed by atoms with van der Waals surface area (Å²) in [5.41, 5.74) is 7.92. The normalized spacial score (nSPS) is 20.1. The summed E-state index contributed by atoms with van der Waals surface area (Å²) in [6, 6.07) is 17.6. The Morgan fingerprint density at radius 1 is 1.00 bits per heavy atom. The maximum atomic E-state index is 5.91. The molecule has 0 amide bonds. The Kier molecular flexibility index (Phi) is 5.10. The van der Waals surface area contributed by atoms with Gasteiger partial charge < -0.3 is 23.9 Å². The molecule has 4 aromatic rings. The summed E-state index contributed by atoms with van der Waals surface area (Å²) in [5.74, 6) is 3.71. The van der Waals surface area contributed by atoms with E-state index in [4.69, 9.17) is 18.9 Å². The van der Waals surface area contributed by atoms with Crippen LogP contribution >= 0.6 is 0 Å². The Morgan fingerprint density at radius 3 is 2.72 bits per heavy atom. The van der Waals surface area contributed by atoms with Crippen molar-refractivity contribution < 1.29 is 18.9 Å². The zero-order chi connectivity index (χ0) is 24.2. The molecule has 6 heteroatoms. The quantitative estimate of drug-likeness (QED) is 0.393. The summed E-state index contributed by atoms with van der Waals surface area (Å²) >= 11 is 0. The molecule has 3 aliphatic rings. The molecule has 184 valence electrons. The first-order valence-electron chi connectivity index (χ1n) is 12.7. The van der Waals surface area contributed by atoms with Crippen molar-refractivity contribution >= 4 is 10.9 Å². The molecule has 3 aliphatic heterocycles. The van der Waals surface area contributed by atoms with E-state index >= 15 is 0 Å². The van der Waals surface area contributed by atoms with E-state index < -0.39 is 0 Å². The molecule has 7 rings (SSSR count). The Balaban J connectivity index is 1.34. The highest BCUT2D eigenvalue weighted by molar-refractivity contribution is 5.83. The van der Waals surface area contributed by atoms with Gasteiger partial charge in [0.2, 0.25) is 6.79 Å². The van der Waals surface area contributed by atoms with Gasteiger partial charge in [0.1, 0.15) is 0 Å². The van der Waals surface area contributed by atoms with Crippen LogP contribution in [0.1, 0.15) is 46.2 Å². The number of hydrogen-bond acceptors (Lipinski definition) is 5. The number of H-pyrrole nitrogens is 1. The summed E-state index contributed by atoms with van der Waals surface area (Å²) in [6.45, 7) is 2.15. The number of aromatic nitrogens is 1. The van der Waals surface area contributed by atoms with Crippen molar-refractivity contribution in [3.8, 4) is 23.0 Å². The number of aryl methyl sites for hydroxylation is 1. The minimum Gasteiger partial charge on any atom is -0.493 e. The molecule has 0 saturated carbocycles. The fourth-order valence-electron chi connectivity index (χ4n) is 6.59. The number of nitrogens with one attached hydrogen (secondary N) is 1. The van der Waals surface area contributed by atoms with E-state index in [0.29, 0.717) is 12.7 Å². The molecule has 0 bridgehead atoms. The number of aromatic amines is 1. The number of nitrogens with zero attached hydrogens (tertiary/aromatic N) is 1. The average Bonchev–Trinajstić information content (AvgIpc) is 3.55. The highest BCUT2D eigenvalue weighted by atomic mass is 16.7. The molecular formula is C30H30N2O4. The van der Waals surface area contributed by atoms with Crippen LogP contribution in [0, 0.1) is 0 Å². The van der Waals surface area contributed by atoms with E-state index in [1.807, 2.05) is 0 Å². The van der Waals surface area contributed by atoms with Crippen molar-refractivity contribution in [2.75, 3.05) is 27.6 Å². The van der Waals surface area contributed by atoms with Crippen molar-refractivity contribution in [1.29, 1.82) is 0 Å². The second-order valence-electron chi connectivity index (χ2n) is 9.94. The molecule has 2 unspecified atom stereocenters. The summed E-state index contributed by atoms with van der Waals surface area (Å²) < 4.78 is 23.1. The summed E-state index contributed by atoms with van der Waals surface area (Å²) in [5, 5.41) is 1.31. The van der Waals surface area contributed by atoms with Crippen LogP contribution in [0.15, 0.2) is 54.7 Å². The molecule has 0 saturated heterocycles. The van der Waals surface area contributed by atoms with Gasteiger partial charge in [0.15, 0.2) is 23.0 Å². The molecule has 1 N–H and O–H groups in total. The van der Waals surface area contributed by atoms with Crippen molar-refractivity contribution in [3.05, 3.63) is 82.5 Å². The molecule has 4 heterocycles. The number of rotatable bonds is 5. The molecule has 36 heavy (non-hydrogen) atoms. The van der Waals surface area contributed by atoms with Gasteiger partial charge in [-0.3, -0.25) is 4.90 Å². The third kappa shape index (κ3) is 3.28. The van der Waals surface area contributed by atoms with Gasteiger partial charge in [-0.15, -0.1) is 0 Å². The van der Waals surface area contributed by atoms with Crippen LogP contribution in [0.5, 0.6) is 23.0 Å². The van der Waals surface area contributed by atoms with E-state index in [1.54, 1.807) is 14.2 Å². The minimum absolute atomic E-state index is 0.277. The van der Waals surface area contributed by atoms with E-state index in [1.165, 1.54) is 38.7 Å². The molecule has 1 aromatic heterocycles. The van der Waals surface area contributed by atoms with Gasteiger partial charge >= 0.3 is 0 Å². The predicted octanol–water partition coefficient (Wildman–Crippen LogP) is 5.74. The second kappa shape index (κ2) is 8.49. The van der Waals surface area contributed by atoms with Crippen molar-refractivity contribution in [1.82, 2.24) is 9.88 Å². The van der Waals surface area contributed by atoms with Gasteiger partial charge in [-0.1, -0.05) is 24.3 Å². The summed E-state index contributed by atoms with van der Waals surface area (Å²) in [7, 11) is 3.46. The Hall–Kier alpha value is -3.64. The number of para-hydroxylation sites is 1. The first-order valence-corrected chi connectivity index (χ1v) is 12.7. The monoisotopic (exact) mass is 482 g/mol. The molecule has 0 aliphatic carbocycles. The summed E-state index contributed by atoms with van der Waals surface area (Å²) in [4.78, 5) is 6.07. The van der Waals surface area contributed by atoms with Gasteiger partial charge in [-0.25, -0.2) is 0 Å². The molecule has 0 fully saturated rings. The van der Waals surface area contributed by atoms with Crippen LogP contribution in [0.2, 0.25) is 0 Å². The van der Waals surface area contributed by atoms with Crippen LogP contribution in [0.25, 0.3) is 10.9 Å². The number of fused-ring (bicyclic) bond motifs is 6. The molecule has 0 radical (unpaired) electrons. The SMILES string of the molecule is COc1ccc2c(c1OC)CN1CCc3cc4c(cc3C1C2CCc1c[nH]c2ccccc12)OCO4. The molecular weight excluding hydrogens is 452 g/mol. The van der Waals surface area contributed by atoms with Gasteiger partial charge in [-0.2, -0.15) is 0 Å². The smallest absolute Gasteiger partial charge is 0.231 e. The maximum Gasteiger partial charge on any atom is 0.231 e. The average molecular weight is 483 g/mol. The highest BCUT2D eigenvalue weighted by Crippen LogP contribution is 2.53. The van der Waals surface area contributed by atoms with E-state index in [0.717, 1.165) is 55.4 Å². The minimum atomic E-state index is 0.277. The lowest BCUT2D eigenvalue weighted by Gasteiger charge is -2.46. The number of benzene rings is 3. The van der Waals surface area contributed by atoms with Crippen molar-refractivity contribution in [2.45, 2.75) is 37.8 Å². The number of methoxy groups -OCH3 is 2. The number of ether oxygens (including phenoxy) is 4. The third-order valence-electron chi connectivity index (χ3n) is 8.24. The standard InChI is InChI=1S/C30H30N2O4/c1-33-26-10-9-21-22(8-7-19-15-31-25-6-4-3-5-20(19)25)29-23-14-28-27(35-17-36-28)13-18(23)11-12-32(29)16-24(21)30(26)34-2/h3-6,9-10,13-15,22,29,31H,7-8,11-12,16-17H2,1-2H3. The van der Waals surface area contributed by atoms with Crippen LogP contribution in [-0.2, 0) is 19.4 Å². The topological polar surface area (TPSA) is 56.0 Å². The lowest BCUT2D eigenvalue weighted by molar-refractivity contribution is 0.127. The Labute approximate surface area is 210 Å². The molecule has 0 spiro atoms. The largest absolute Gasteiger partial charge is 0.493 e. The third-order valence-corrected chi connectivity index (χ3v) is 8.24. The van der Waals surface area contributed by atoms with Crippen molar-refractivity contribution in [2.24, 2.45) is 0 Å². The maximum absolute atomic E-state index is 5.91.